The normalized spacial score (nSPS) is 11.2. The third-order valence-corrected chi connectivity index (χ3v) is 4.14. The molecule has 0 atom stereocenters. The number of hydrogen-bond donors (Lipinski definition) is 0. The lowest BCUT2D eigenvalue weighted by Gasteiger charge is -2.09. The van der Waals surface area contributed by atoms with Crippen molar-refractivity contribution in [2.75, 3.05) is 14.2 Å². The zero-order valence-corrected chi connectivity index (χ0v) is 16.0. The number of esters is 1. The zero-order chi connectivity index (χ0) is 20.1. The Morgan fingerprint density at radius 3 is 1.89 bits per heavy atom. The predicted octanol–water partition coefficient (Wildman–Crippen LogP) is 2.98. The molecule has 0 aliphatic carbocycles. The maximum Gasteiger partial charge on any atom is 0.344 e. The zero-order valence-electron chi connectivity index (χ0n) is 16.0. The summed E-state index contributed by atoms with van der Waals surface area (Å²) >= 11 is 0. The molecule has 0 saturated heterocycles. The first kappa shape index (κ1) is 19.1. The van der Waals surface area contributed by atoms with Gasteiger partial charge >= 0.3 is 5.97 Å². The van der Waals surface area contributed by atoms with Gasteiger partial charge in [-0.15, -0.1) is 15.0 Å². The van der Waals surface area contributed by atoms with Crippen LogP contribution in [0.3, 0.4) is 0 Å². The molecule has 0 spiro atoms. The fourth-order valence-corrected chi connectivity index (χ4v) is 2.32. The summed E-state index contributed by atoms with van der Waals surface area (Å²) in [6.07, 6.45) is 0. The van der Waals surface area contributed by atoms with Crippen molar-refractivity contribution >= 4 is 11.9 Å². The predicted molar refractivity (Wildman–Crippen MR) is 103 cm³/mol. The molecule has 8 heteroatoms. The van der Waals surface area contributed by atoms with Crippen molar-refractivity contribution in [3.05, 3.63) is 71.0 Å². The van der Waals surface area contributed by atoms with Crippen LogP contribution in [0, 0.1) is 13.8 Å². The third-order valence-electron chi connectivity index (χ3n) is 4.14. The van der Waals surface area contributed by atoms with Crippen LogP contribution in [-0.2, 0) is 4.74 Å². The molecule has 0 N–H and O–H groups in total. The van der Waals surface area contributed by atoms with E-state index in [2.05, 4.69) is 15.4 Å². The number of carbonyl (C=O) groups excluding carboxylic acids is 1. The smallest absolute Gasteiger partial charge is 0.344 e. The summed E-state index contributed by atoms with van der Waals surface area (Å²) in [6, 6.07) is 13.6. The van der Waals surface area contributed by atoms with Gasteiger partial charge in [-0.2, -0.15) is 0 Å². The number of methoxy groups -OCH3 is 2. The van der Waals surface area contributed by atoms with Crippen LogP contribution in [-0.4, -0.2) is 41.2 Å². The van der Waals surface area contributed by atoms with Gasteiger partial charge in [-0.05, 0) is 67.6 Å². The minimum atomic E-state index is -0.549. The minimum absolute atomic E-state index is 0.0940. The van der Waals surface area contributed by atoms with E-state index in [1.807, 2.05) is 13.8 Å². The molecule has 0 saturated carbocycles. The molecule has 3 rings (SSSR count). The summed E-state index contributed by atoms with van der Waals surface area (Å²) < 4.78 is 15.9. The van der Waals surface area contributed by atoms with E-state index < -0.39 is 5.97 Å². The third kappa shape index (κ3) is 4.17. The second-order valence-corrected chi connectivity index (χ2v) is 5.90. The van der Waals surface area contributed by atoms with E-state index in [9.17, 15) is 4.79 Å². The van der Waals surface area contributed by atoms with E-state index in [1.165, 1.54) is 4.79 Å². The van der Waals surface area contributed by atoms with Crippen molar-refractivity contribution in [3.8, 4) is 11.5 Å². The first-order chi connectivity index (χ1) is 13.5. The molecular formula is C20H20N4O4. The second-order valence-electron chi connectivity index (χ2n) is 5.90. The Morgan fingerprint density at radius 2 is 1.43 bits per heavy atom. The van der Waals surface area contributed by atoms with Gasteiger partial charge in [-0.25, -0.2) is 4.79 Å². The Kier molecular flexibility index (Phi) is 5.69. The van der Waals surface area contributed by atoms with Crippen molar-refractivity contribution in [1.29, 1.82) is 0 Å². The SMILES string of the molecule is COc1ccc(C(=O)O/C(=N\n2nnc(C)c2C)c2ccc(OC)cc2)cc1. The van der Waals surface area contributed by atoms with Crippen LogP contribution < -0.4 is 9.47 Å². The van der Waals surface area contributed by atoms with Crippen LogP contribution in [0.25, 0.3) is 0 Å². The van der Waals surface area contributed by atoms with Crippen molar-refractivity contribution in [2.24, 2.45) is 5.10 Å². The molecule has 0 aliphatic rings. The highest BCUT2D eigenvalue weighted by Gasteiger charge is 2.16. The van der Waals surface area contributed by atoms with Gasteiger partial charge in [0.05, 0.1) is 31.2 Å². The van der Waals surface area contributed by atoms with Crippen molar-refractivity contribution in [3.63, 3.8) is 0 Å². The van der Waals surface area contributed by atoms with E-state index in [0.717, 1.165) is 11.4 Å². The average molecular weight is 380 g/mol. The van der Waals surface area contributed by atoms with Crippen LogP contribution in [0.2, 0.25) is 0 Å². The van der Waals surface area contributed by atoms with Crippen molar-refractivity contribution in [1.82, 2.24) is 15.1 Å². The summed E-state index contributed by atoms with van der Waals surface area (Å²) in [5, 5.41) is 12.3. The molecule has 0 fully saturated rings. The van der Waals surface area contributed by atoms with Gasteiger partial charge in [-0.1, -0.05) is 0 Å². The lowest BCUT2D eigenvalue weighted by Crippen LogP contribution is -2.16. The van der Waals surface area contributed by atoms with Gasteiger partial charge in [0, 0.05) is 5.56 Å². The summed E-state index contributed by atoms with van der Waals surface area (Å²) in [5.41, 5.74) is 2.44. The van der Waals surface area contributed by atoms with Gasteiger partial charge in [-0.3, -0.25) is 0 Å². The lowest BCUT2D eigenvalue weighted by atomic mass is 10.2. The van der Waals surface area contributed by atoms with Crippen LogP contribution in [0.1, 0.15) is 27.3 Å². The molecule has 0 bridgehead atoms. The number of ether oxygens (including phenoxy) is 3. The molecule has 0 amide bonds. The topological polar surface area (TPSA) is 87.8 Å². The van der Waals surface area contributed by atoms with Gasteiger partial charge in [0.1, 0.15) is 11.5 Å². The van der Waals surface area contributed by atoms with E-state index >= 15 is 0 Å². The van der Waals surface area contributed by atoms with Crippen LogP contribution in [0.4, 0.5) is 0 Å². The highest BCUT2D eigenvalue weighted by atomic mass is 16.5. The van der Waals surface area contributed by atoms with Crippen LogP contribution in [0.15, 0.2) is 53.6 Å². The average Bonchev–Trinajstić information content (AvgIpc) is 3.05. The highest BCUT2D eigenvalue weighted by Crippen LogP contribution is 2.16. The monoisotopic (exact) mass is 380 g/mol. The Hall–Kier alpha value is -3.68. The lowest BCUT2D eigenvalue weighted by molar-refractivity contribution is 0.0716. The van der Waals surface area contributed by atoms with Crippen molar-refractivity contribution in [2.45, 2.75) is 13.8 Å². The molecule has 28 heavy (non-hydrogen) atoms. The molecule has 0 unspecified atom stereocenters. The van der Waals surface area contributed by atoms with Crippen LogP contribution >= 0.6 is 0 Å². The summed E-state index contributed by atoms with van der Waals surface area (Å²) in [4.78, 5) is 13.9. The largest absolute Gasteiger partial charge is 0.497 e. The number of benzene rings is 2. The standard InChI is InChI=1S/C20H20N4O4/c1-13-14(2)24(23-21-13)22-19(15-5-9-17(26-3)10-6-15)28-20(25)16-7-11-18(27-4)12-8-16/h5-12H,1-4H3/b22-19-. The number of aryl methyl sites for hydroxylation is 1. The highest BCUT2D eigenvalue weighted by molar-refractivity contribution is 6.05. The number of aromatic nitrogens is 3. The number of nitrogens with zero attached hydrogens (tertiary/aromatic N) is 4. The summed E-state index contributed by atoms with van der Waals surface area (Å²) in [5.74, 6) is 0.870. The van der Waals surface area contributed by atoms with E-state index in [1.54, 1.807) is 62.8 Å². The molecule has 144 valence electrons. The van der Waals surface area contributed by atoms with E-state index in [-0.39, 0.29) is 5.90 Å². The van der Waals surface area contributed by atoms with Gasteiger partial charge < -0.3 is 14.2 Å². The molecular weight excluding hydrogens is 360 g/mol. The molecule has 0 aliphatic heterocycles. The maximum atomic E-state index is 12.6. The molecule has 2 aromatic carbocycles. The molecule has 3 aromatic rings. The van der Waals surface area contributed by atoms with Crippen LogP contribution in [0.5, 0.6) is 11.5 Å². The molecule has 1 aromatic heterocycles. The Bertz CT molecular complexity index is 992. The van der Waals surface area contributed by atoms with E-state index in [0.29, 0.717) is 22.6 Å². The Balaban J connectivity index is 1.95. The number of rotatable bonds is 5. The number of carbonyl (C=O) groups is 1. The second kappa shape index (κ2) is 8.34. The molecule has 0 radical (unpaired) electrons. The first-order valence-electron chi connectivity index (χ1n) is 8.50. The first-order valence-corrected chi connectivity index (χ1v) is 8.50. The minimum Gasteiger partial charge on any atom is -0.497 e. The molecule has 1 heterocycles. The Labute approximate surface area is 162 Å². The van der Waals surface area contributed by atoms with Gasteiger partial charge in [0.15, 0.2) is 0 Å². The summed E-state index contributed by atoms with van der Waals surface area (Å²) in [6.45, 7) is 3.65. The fourth-order valence-electron chi connectivity index (χ4n) is 2.32. The summed E-state index contributed by atoms with van der Waals surface area (Å²) in [7, 11) is 3.14. The van der Waals surface area contributed by atoms with Gasteiger partial charge in [0.25, 0.3) is 0 Å². The Morgan fingerprint density at radius 1 is 0.893 bits per heavy atom. The quantitative estimate of drug-likeness (QED) is 0.384. The fraction of sp³-hybridized carbons (Fsp3) is 0.200. The van der Waals surface area contributed by atoms with E-state index in [4.69, 9.17) is 14.2 Å². The molecule has 8 nitrogen and oxygen atoms in total. The van der Waals surface area contributed by atoms with Crippen molar-refractivity contribution < 1.29 is 19.0 Å². The number of hydrogen-bond acceptors (Lipinski definition) is 7. The van der Waals surface area contributed by atoms with Gasteiger partial charge in [0.2, 0.25) is 5.90 Å². The maximum absolute atomic E-state index is 12.6.